The number of rotatable bonds is 6. The molecule has 2 aromatic rings. The highest BCUT2D eigenvalue weighted by atomic mass is 35.5. The van der Waals surface area contributed by atoms with Gasteiger partial charge < -0.3 is 14.2 Å². The Morgan fingerprint density at radius 2 is 2.08 bits per heavy atom. The van der Waals surface area contributed by atoms with Gasteiger partial charge in [0.1, 0.15) is 17.0 Å². The number of ether oxygens (including phenoxy) is 3. The van der Waals surface area contributed by atoms with Crippen LogP contribution in [0.4, 0.5) is 5.13 Å². The number of pyridine rings is 1. The van der Waals surface area contributed by atoms with Gasteiger partial charge in [0.2, 0.25) is 5.13 Å². The Labute approximate surface area is 159 Å². The number of nitrogens with zero attached hydrogens (tertiary/aromatic N) is 4. The molecule has 7 nitrogen and oxygen atoms in total. The Hall–Kier alpha value is -2.32. The van der Waals surface area contributed by atoms with Crippen LogP contribution in [0.1, 0.15) is 18.4 Å². The van der Waals surface area contributed by atoms with Gasteiger partial charge in [0, 0.05) is 18.2 Å². The van der Waals surface area contributed by atoms with E-state index in [1.54, 1.807) is 26.5 Å². The molecule has 0 amide bonds. The van der Waals surface area contributed by atoms with Crippen LogP contribution in [0, 0.1) is 0 Å². The summed E-state index contributed by atoms with van der Waals surface area (Å²) in [6.45, 7) is 0.593. The molecule has 2 aromatic heterocycles. The van der Waals surface area contributed by atoms with Gasteiger partial charge in [-0.2, -0.15) is 0 Å². The highest BCUT2D eigenvalue weighted by molar-refractivity contribution is 7.17. The average molecular weight is 393 g/mol. The normalized spacial score (nSPS) is 16.8. The van der Waals surface area contributed by atoms with Gasteiger partial charge in [-0.25, -0.2) is 4.98 Å². The molecule has 0 bridgehead atoms. The summed E-state index contributed by atoms with van der Waals surface area (Å²) in [6.07, 6.45) is 8.05. The monoisotopic (exact) mass is 392 g/mol. The van der Waals surface area contributed by atoms with Crippen molar-refractivity contribution < 1.29 is 14.2 Å². The average Bonchev–Trinajstić information content (AvgIpc) is 3.34. The molecule has 1 saturated carbocycles. The Morgan fingerprint density at radius 1 is 1.23 bits per heavy atom. The molecule has 0 N–H and O–H groups in total. The van der Waals surface area contributed by atoms with Crippen LogP contribution >= 0.6 is 22.9 Å². The number of hydrogen-bond acceptors (Lipinski definition) is 8. The van der Waals surface area contributed by atoms with Crippen LogP contribution in [0.3, 0.4) is 0 Å². The van der Waals surface area contributed by atoms with Crippen molar-refractivity contribution in [2.24, 2.45) is 0 Å². The van der Waals surface area contributed by atoms with Crippen LogP contribution in [-0.4, -0.2) is 42.0 Å². The third-order valence-electron chi connectivity index (χ3n) is 4.02. The molecule has 1 fully saturated rings. The zero-order valence-electron chi connectivity index (χ0n) is 14.3. The fraction of sp³-hybridized carbons (Fsp3) is 0.353. The molecule has 9 heteroatoms. The molecule has 0 spiro atoms. The zero-order valence-corrected chi connectivity index (χ0v) is 15.9. The maximum Gasteiger partial charge on any atom is 0.295 e. The van der Waals surface area contributed by atoms with E-state index < -0.39 is 0 Å². The van der Waals surface area contributed by atoms with Gasteiger partial charge in [-0.05, 0) is 35.8 Å². The first-order chi connectivity index (χ1) is 12.7. The Kier molecular flexibility index (Phi) is 4.69. The number of halogens is 1. The predicted molar refractivity (Wildman–Crippen MR) is 99.8 cm³/mol. The molecule has 0 saturated heterocycles. The summed E-state index contributed by atoms with van der Waals surface area (Å²) in [5.41, 5.74) is 1.84. The topological polar surface area (TPSA) is 69.6 Å². The van der Waals surface area contributed by atoms with Crippen molar-refractivity contribution in [2.75, 3.05) is 25.7 Å². The SMILES string of the molecule is COc1nnc(N2CC=C(c3cc(Cl)ncc3OC)C=C2OC2CC2)s1. The molecule has 26 heavy (non-hydrogen) atoms. The smallest absolute Gasteiger partial charge is 0.295 e. The van der Waals surface area contributed by atoms with E-state index in [2.05, 4.69) is 21.3 Å². The molecule has 1 aliphatic carbocycles. The van der Waals surface area contributed by atoms with Gasteiger partial charge in [0.25, 0.3) is 5.19 Å². The summed E-state index contributed by atoms with van der Waals surface area (Å²) in [5, 5.41) is 9.86. The van der Waals surface area contributed by atoms with E-state index in [-0.39, 0.29) is 6.10 Å². The maximum absolute atomic E-state index is 6.12. The Balaban J connectivity index is 1.68. The first-order valence-electron chi connectivity index (χ1n) is 8.11. The van der Waals surface area contributed by atoms with Crippen LogP contribution in [0.5, 0.6) is 10.9 Å². The highest BCUT2D eigenvalue weighted by Gasteiger charge is 2.30. The lowest BCUT2D eigenvalue weighted by Gasteiger charge is -2.27. The summed E-state index contributed by atoms with van der Waals surface area (Å²) >= 11 is 7.45. The molecule has 0 aromatic carbocycles. The van der Waals surface area contributed by atoms with Gasteiger partial charge in [-0.3, -0.25) is 4.90 Å². The number of anilines is 1. The van der Waals surface area contributed by atoms with E-state index in [0.29, 0.717) is 22.6 Å². The molecule has 1 aliphatic heterocycles. The minimum Gasteiger partial charge on any atom is -0.494 e. The maximum atomic E-state index is 6.12. The van der Waals surface area contributed by atoms with Gasteiger partial charge in [0.15, 0.2) is 5.88 Å². The van der Waals surface area contributed by atoms with Crippen LogP contribution in [0.25, 0.3) is 5.57 Å². The minimum atomic E-state index is 0.251. The van der Waals surface area contributed by atoms with Crippen molar-refractivity contribution >= 4 is 33.6 Å². The van der Waals surface area contributed by atoms with Gasteiger partial charge in [-0.15, -0.1) is 5.10 Å². The molecule has 0 radical (unpaired) electrons. The summed E-state index contributed by atoms with van der Waals surface area (Å²) in [4.78, 5) is 6.06. The van der Waals surface area contributed by atoms with E-state index in [9.17, 15) is 0 Å². The fourth-order valence-corrected chi connectivity index (χ4v) is 3.40. The van der Waals surface area contributed by atoms with E-state index in [0.717, 1.165) is 35.0 Å². The number of aromatic nitrogens is 3. The lowest BCUT2D eigenvalue weighted by molar-refractivity contribution is 0.189. The lowest BCUT2D eigenvalue weighted by Crippen LogP contribution is -2.27. The number of hydrogen-bond donors (Lipinski definition) is 0. The van der Waals surface area contributed by atoms with Crippen molar-refractivity contribution in [3.63, 3.8) is 0 Å². The van der Waals surface area contributed by atoms with Gasteiger partial charge in [0.05, 0.1) is 20.4 Å². The minimum absolute atomic E-state index is 0.251. The fourth-order valence-electron chi connectivity index (χ4n) is 2.56. The standard InChI is InChI=1S/C17H17ClN4O3S/c1-23-13-9-19-14(18)8-12(13)10-5-6-22(15(7-10)25-11-3-4-11)16-20-21-17(24-2)26-16/h5,7-9,11H,3-4,6H2,1-2H3. The third kappa shape index (κ3) is 3.47. The summed E-state index contributed by atoms with van der Waals surface area (Å²) in [7, 11) is 3.19. The second kappa shape index (κ2) is 7.13. The van der Waals surface area contributed by atoms with Crippen LogP contribution in [-0.2, 0) is 4.74 Å². The predicted octanol–water partition coefficient (Wildman–Crippen LogP) is 3.53. The molecule has 0 atom stereocenters. The van der Waals surface area contributed by atoms with Crippen molar-refractivity contribution in [3.05, 3.63) is 41.0 Å². The van der Waals surface area contributed by atoms with Crippen LogP contribution in [0.15, 0.2) is 30.3 Å². The van der Waals surface area contributed by atoms with Crippen molar-refractivity contribution in [1.82, 2.24) is 15.2 Å². The quantitative estimate of drug-likeness (QED) is 0.696. The number of allylic oxidation sites excluding steroid dienone is 2. The molecular formula is C17H17ClN4O3S. The van der Waals surface area contributed by atoms with Gasteiger partial charge >= 0.3 is 0 Å². The first kappa shape index (κ1) is 17.1. The number of methoxy groups -OCH3 is 2. The van der Waals surface area contributed by atoms with Gasteiger partial charge in [-0.1, -0.05) is 22.8 Å². The van der Waals surface area contributed by atoms with Crippen LogP contribution in [0.2, 0.25) is 5.15 Å². The lowest BCUT2D eigenvalue weighted by atomic mass is 10.0. The second-order valence-corrected chi connectivity index (χ2v) is 7.14. The molecular weight excluding hydrogens is 376 g/mol. The molecule has 4 rings (SSSR count). The zero-order chi connectivity index (χ0) is 18.1. The first-order valence-corrected chi connectivity index (χ1v) is 9.31. The summed E-state index contributed by atoms with van der Waals surface area (Å²) < 4.78 is 16.7. The van der Waals surface area contributed by atoms with E-state index >= 15 is 0 Å². The third-order valence-corrected chi connectivity index (χ3v) is 5.13. The highest BCUT2D eigenvalue weighted by Crippen LogP contribution is 2.37. The van der Waals surface area contributed by atoms with E-state index in [1.165, 1.54) is 11.3 Å². The second-order valence-electron chi connectivity index (χ2n) is 5.83. The van der Waals surface area contributed by atoms with Crippen molar-refractivity contribution in [2.45, 2.75) is 18.9 Å². The van der Waals surface area contributed by atoms with Crippen molar-refractivity contribution in [3.8, 4) is 10.9 Å². The largest absolute Gasteiger partial charge is 0.494 e. The summed E-state index contributed by atoms with van der Waals surface area (Å²) in [6, 6.07) is 1.79. The Bertz CT molecular complexity index is 879. The molecule has 3 heterocycles. The van der Waals surface area contributed by atoms with Crippen LogP contribution < -0.4 is 14.4 Å². The molecule has 0 unspecified atom stereocenters. The molecule has 2 aliphatic rings. The van der Waals surface area contributed by atoms with E-state index in [1.807, 2.05) is 11.0 Å². The molecule has 136 valence electrons. The van der Waals surface area contributed by atoms with E-state index in [4.69, 9.17) is 25.8 Å². The summed E-state index contributed by atoms with van der Waals surface area (Å²) in [5.74, 6) is 1.40. The Morgan fingerprint density at radius 3 is 2.77 bits per heavy atom. The van der Waals surface area contributed by atoms with Crippen molar-refractivity contribution in [1.29, 1.82) is 0 Å².